The maximum atomic E-state index is 12.6. The van der Waals surface area contributed by atoms with Crippen LogP contribution in [-0.2, 0) is 13.1 Å². The number of nitrogens with zero attached hydrogens (tertiary/aromatic N) is 4. The Labute approximate surface area is 153 Å². The zero-order valence-corrected chi connectivity index (χ0v) is 15.1. The second-order valence-electron chi connectivity index (χ2n) is 6.95. The second kappa shape index (κ2) is 7.23. The zero-order chi connectivity index (χ0) is 17.9. The molecule has 0 radical (unpaired) electrons. The molecule has 3 aromatic rings. The Bertz CT molecular complexity index is 883. The molecule has 136 valence electrons. The van der Waals surface area contributed by atoms with Gasteiger partial charge < -0.3 is 14.8 Å². The van der Waals surface area contributed by atoms with Gasteiger partial charge in [-0.15, -0.1) is 0 Å². The maximum Gasteiger partial charge on any atom is 0.317 e. The third kappa shape index (κ3) is 3.31. The van der Waals surface area contributed by atoms with Crippen molar-refractivity contribution in [1.82, 2.24) is 24.6 Å². The molecule has 0 unspecified atom stereocenters. The van der Waals surface area contributed by atoms with Crippen LogP contribution in [0.15, 0.2) is 48.8 Å². The van der Waals surface area contributed by atoms with Gasteiger partial charge in [-0.25, -0.2) is 4.79 Å². The summed E-state index contributed by atoms with van der Waals surface area (Å²) in [5.74, 6) is 0. The first-order valence-electron chi connectivity index (χ1n) is 9.29. The minimum absolute atomic E-state index is 0.0359. The Morgan fingerprint density at radius 2 is 2.19 bits per heavy atom. The highest BCUT2D eigenvalue weighted by Gasteiger charge is 2.28. The molecule has 0 aliphatic carbocycles. The summed E-state index contributed by atoms with van der Waals surface area (Å²) in [7, 11) is 0. The van der Waals surface area contributed by atoms with Gasteiger partial charge in [-0.05, 0) is 43.4 Å². The molecule has 1 atom stereocenters. The highest BCUT2D eigenvalue weighted by molar-refractivity contribution is 5.81. The van der Waals surface area contributed by atoms with Crippen molar-refractivity contribution in [2.24, 2.45) is 0 Å². The Balaban J connectivity index is 1.35. The number of rotatable bonds is 5. The Morgan fingerprint density at radius 1 is 1.31 bits per heavy atom. The van der Waals surface area contributed by atoms with Crippen molar-refractivity contribution in [2.45, 2.75) is 38.9 Å². The number of likely N-dealkylation sites (tertiary alicyclic amines) is 1. The van der Waals surface area contributed by atoms with E-state index in [2.05, 4.69) is 52.2 Å². The van der Waals surface area contributed by atoms with Crippen molar-refractivity contribution >= 4 is 16.9 Å². The number of fused-ring (bicyclic) bond motifs is 1. The fraction of sp³-hybridized carbons (Fsp3) is 0.400. The topological polar surface area (TPSA) is 55.1 Å². The standard InChI is InChI=1S/C20H25N5O/c1-16-14-17-6-2-3-8-19(17)24(16)13-10-21-20(26)25-12-4-7-18(25)15-23-11-5-9-22-23/h2-3,5-6,8-9,11,14,18H,4,7,10,12-13,15H2,1H3,(H,21,26)/t18-/m0/s1. The van der Waals surface area contributed by atoms with Gasteiger partial charge in [0.25, 0.3) is 0 Å². The molecule has 2 aromatic heterocycles. The fourth-order valence-corrected chi connectivity index (χ4v) is 3.94. The molecule has 1 N–H and O–H groups in total. The number of carbonyl (C=O) groups excluding carboxylic acids is 1. The van der Waals surface area contributed by atoms with Gasteiger partial charge >= 0.3 is 6.03 Å². The highest BCUT2D eigenvalue weighted by atomic mass is 16.2. The SMILES string of the molecule is Cc1cc2ccccc2n1CCNC(=O)N1CCC[C@H]1Cn1cccn1. The molecular weight excluding hydrogens is 326 g/mol. The number of aromatic nitrogens is 3. The zero-order valence-electron chi connectivity index (χ0n) is 15.1. The van der Waals surface area contributed by atoms with Crippen LogP contribution < -0.4 is 5.32 Å². The molecule has 1 aliphatic heterocycles. The molecule has 2 amide bonds. The Hall–Kier alpha value is -2.76. The third-order valence-electron chi connectivity index (χ3n) is 5.22. The molecule has 1 saturated heterocycles. The maximum absolute atomic E-state index is 12.6. The second-order valence-corrected chi connectivity index (χ2v) is 6.95. The first kappa shape index (κ1) is 16.7. The highest BCUT2D eigenvalue weighted by Crippen LogP contribution is 2.20. The average Bonchev–Trinajstić information content (AvgIpc) is 3.36. The van der Waals surface area contributed by atoms with E-state index in [0.29, 0.717) is 6.54 Å². The van der Waals surface area contributed by atoms with Gasteiger partial charge in [-0.3, -0.25) is 4.68 Å². The number of benzene rings is 1. The average molecular weight is 351 g/mol. The summed E-state index contributed by atoms with van der Waals surface area (Å²) in [5, 5.41) is 8.61. The van der Waals surface area contributed by atoms with Crippen LogP contribution in [0.4, 0.5) is 4.79 Å². The molecule has 1 aromatic carbocycles. The van der Waals surface area contributed by atoms with E-state index in [9.17, 15) is 4.79 Å². The van der Waals surface area contributed by atoms with Gasteiger partial charge in [0.1, 0.15) is 0 Å². The molecule has 0 spiro atoms. The number of para-hydroxylation sites is 1. The van der Waals surface area contributed by atoms with Crippen LogP contribution in [0.1, 0.15) is 18.5 Å². The molecular formula is C20H25N5O. The molecule has 1 fully saturated rings. The smallest absolute Gasteiger partial charge is 0.317 e. The summed E-state index contributed by atoms with van der Waals surface area (Å²) in [6, 6.07) is 12.7. The summed E-state index contributed by atoms with van der Waals surface area (Å²) in [4.78, 5) is 14.6. The fourth-order valence-electron chi connectivity index (χ4n) is 3.94. The number of aryl methyl sites for hydroxylation is 1. The van der Waals surface area contributed by atoms with E-state index in [1.807, 2.05) is 21.8 Å². The minimum Gasteiger partial charge on any atom is -0.343 e. The molecule has 4 rings (SSSR count). The summed E-state index contributed by atoms with van der Waals surface area (Å²) in [6.07, 6.45) is 5.83. The van der Waals surface area contributed by atoms with Crippen molar-refractivity contribution in [3.63, 3.8) is 0 Å². The summed E-state index contributed by atoms with van der Waals surface area (Å²) in [5.41, 5.74) is 2.44. The van der Waals surface area contributed by atoms with Crippen LogP contribution >= 0.6 is 0 Å². The van der Waals surface area contributed by atoms with Gasteiger partial charge in [0.15, 0.2) is 0 Å². The Kier molecular flexibility index (Phi) is 4.65. The van der Waals surface area contributed by atoms with Crippen molar-refractivity contribution in [2.75, 3.05) is 13.1 Å². The van der Waals surface area contributed by atoms with E-state index in [4.69, 9.17) is 0 Å². The summed E-state index contributed by atoms with van der Waals surface area (Å²) >= 11 is 0. The summed E-state index contributed by atoms with van der Waals surface area (Å²) < 4.78 is 4.17. The number of hydrogen-bond donors (Lipinski definition) is 1. The summed E-state index contributed by atoms with van der Waals surface area (Å²) in [6.45, 7) is 5.11. The van der Waals surface area contributed by atoms with Gasteiger partial charge in [-0.2, -0.15) is 5.10 Å². The van der Waals surface area contributed by atoms with Crippen LogP contribution in [0.25, 0.3) is 10.9 Å². The molecule has 0 bridgehead atoms. The first-order valence-corrected chi connectivity index (χ1v) is 9.29. The monoisotopic (exact) mass is 351 g/mol. The van der Waals surface area contributed by atoms with Crippen molar-refractivity contribution < 1.29 is 4.79 Å². The predicted molar refractivity (Wildman–Crippen MR) is 102 cm³/mol. The quantitative estimate of drug-likeness (QED) is 0.768. The predicted octanol–water partition coefficient (Wildman–Crippen LogP) is 3.02. The normalized spacial score (nSPS) is 17.1. The number of hydrogen-bond acceptors (Lipinski definition) is 2. The molecule has 6 nitrogen and oxygen atoms in total. The molecule has 0 saturated carbocycles. The lowest BCUT2D eigenvalue weighted by Gasteiger charge is -2.25. The van der Waals surface area contributed by atoms with Crippen molar-refractivity contribution in [1.29, 1.82) is 0 Å². The van der Waals surface area contributed by atoms with E-state index in [-0.39, 0.29) is 12.1 Å². The van der Waals surface area contributed by atoms with Crippen molar-refractivity contribution in [3.8, 4) is 0 Å². The first-order chi connectivity index (χ1) is 12.7. The minimum atomic E-state index is 0.0359. The van der Waals surface area contributed by atoms with Crippen LogP contribution in [0.2, 0.25) is 0 Å². The van der Waals surface area contributed by atoms with E-state index in [0.717, 1.165) is 32.5 Å². The van der Waals surface area contributed by atoms with E-state index in [1.165, 1.54) is 16.6 Å². The molecule has 3 heterocycles. The van der Waals surface area contributed by atoms with Gasteiger partial charge in [0.05, 0.1) is 12.6 Å². The van der Waals surface area contributed by atoms with Gasteiger partial charge in [0.2, 0.25) is 0 Å². The largest absolute Gasteiger partial charge is 0.343 e. The van der Waals surface area contributed by atoms with E-state index < -0.39 is 0 Å². The van der Waals surface area contributed by atoms with E-state index >= 15 is 0 Å². The van der Waals surface area contributed by atoms with Crippen LogP contribution in [0.5, 0.6) is 0 Å². The third-order valence-corrected chi connectivity index (χ3v) is 5.22. The number of nitrogens with one attached hydrogen (secondary N) is 1. The van der Waals surface area contributed by atoms with Gasteiger partial charge in [-0.1, -0.05) is 18.2 Å². The lowest BCUT2D eigenvalue weighted by Crippen LogP contribution is -2.45. The molecule has 26 heavy (non-hydrogen) atoms. The lowest BCUT2D eigenvalue weighted by molar-refractivity contribution is 0.185. The van der Waals surface area contributed by atoms with Gasteiger partial charge in [0, 0.05) is 43.2 Å². The van der Waals surface area contributed by atoms with Crippen LogP contribution in [0.3, 0.4) is 0 Å². The van der Waals surface area contributed by atoms with Crippen LogP contribution in [-0.4, -0.2) is 44.4 Å². The number of carbonyl (C=O) groups is 1. The van der Waals surface area contributed by atoms with Crippen LogP contribution in [0, 0.1) is 6.92 Å². The number of amides is 2. The lowest BCUT2D eigenvalue weighted by atomic mass is 10.2. The van der Waals surface area contributed by atoms with Crippen molar-refractivity contribution in [3.05, 3.63) is 54.5 Å². The molecule has 6 heteroatoms. The molecule has 1 aliphatic rings. The number of urea groups is 1. The van der Waals surface area contributed by atoms with E-state index in [1.54, 1.807) is 6.20 Å². The Morgan fingerprint density at radius 3 is 3.04 bits per heavy atom.